The first-order chi connectivity index (χ1) is 14.1. The zero-order valence-corrected chi connectivity index (χ0v) is 18.1. The third-order valence-electron chi connectivity index (χ3n) is 4.44. The van der Waals surface area contributed by atoms with Crippen LogP contribution < -0.4 is 4.74 Å². The molecule has 0 N–H and O–H groups in total. The SMILES string of the molecule is COC(=O)c1ccc(CSCc2cc(Br)cc3c2O[C@H](c2ccccc2)OC3)o1. The fourth-order valence-corrected chi connectivity index (χ4v) is 4.53. The van der Waals surface area contributed by atoms with Crippen molar-refractivity contribution in [1.29, 1.82) is 0 Å². The molecule has 7 heteroatoms. The molecule has 0 bridgehead atoms. The van der Waals surface area contributed by atoms with Crippen molar-refractivity contribution >= 4 is 33.7 Å². The molecule has 0 amide bonds. The van der Waals surface area contributed by atoms with Crippen molar-refractivity contribution < 1.29 is 23.4 Å². The Morgan fingerprint density at radius 2 is 2.00 bits per heavy atom. The summed E-state index contributed by atoms with van der Waals surface area (Å²) in [5, 5.41) is 0. The highest BCUT2D eigenvalue weighted by Gasteiger charge is 2.24. The van der Waals surface area contributed by atoms with Gasteiger partial charge in [0.05, 0.1) is 19.5 Å². The molecule has 0 radical (unpaired) electrons. The first-order valence-corrected chi connectivity index (χ1v) is 11.0. The first kappa shape index (κ1) is 20.1. The lowest BCUT2D eigenvalue weighted by atomic mass is 10.1. The van der Waals surface area contributed by atoms with Gasteiger partial charge in [-0.25, -0.2) is 4.79 Å². The Morgan fingerprint density at radius 3 is 2.79 bits per heavy atom. The molecule has 1 aromatic heterocycles. The van der Waals surface area contributed by atoms with Gasteiger partial charge < -0.3 is 18.6 Å². The van der Waals surface area contributed by atoms with E-state index in [1.165, 1.54) is 7.11 Å². The molecule has 1 aliphatic rings. The number of benzene rings is 2. The van der Waals surface area contributed by atoms with Crippen molar-refractivity contribution in [2.24, 2.45) is 0 Å². The Hall–Kier alpha value is -2.22. The van der Waals surface area contributed by atoms with E-state index in [-0.39, 0.29) is 5.76 Å². The number of methoxy groups -OCH3 is 1. The maximum atomic E-state index is 11.5. The van der Waals surface area contributed by atoms with Crippen LogP contribution in [0.15, 0.2) is 63.5 Å². The van der Waals surface area contributed by atoms with Gasteiger partial charge >= 0.3 is 5.97 Å². The molecule has 0 unspecified atom stereocenters. The Bertz CT molecular complexity index is 1000. The summed E-state index contributed by atoms with van der Waals surface area (Å²) < 4.78 is 23.3. The molecule has 0 saturated carbocycles. The van der Waals surface area contributed by atoms with Gasteiger partial charge in [0.25, 0.3) is 0 Å². The summed E-state index contributed by atoms with van der Waals surface area (Å²) in [6, 6.07) is 17.4. The number of carbonyl (C=O) groups excluding carboxylic acids is 1. The average Bonchev–Trinajstić information content (AvgIpc) is 3.22. The number of furan rings is 1. The lowest BCUT2D eigenvalue weighted by Crippen LogP contribution is -2.19. The highest BCUT2D eigenvalue weighted by atomic mass is 79.9. The Balaban J connectivity index is 1.46. The number of esters is 1. The number of halogens is 1. The monoisotopic (exact) mass is 474 g/mol. The molecule has 3 aromatic rings. The van der Waals surface area contributed by atoms with Crippen LogP contribution in [-0.2, 0) is 27.6 Å². The van der Waals surface area contributed by atoms with E-state index in [2.05, 4.69) is 26.7 Å². The summed E-state index contributed by atoms with van der Waals surface area (Å²) in [5.41, 5.74) is 3.10. The summed E-state index contributed by atoms with van der Waals surface area (Å²) in [4.78, 5) is 11.5. The third-order valence-corrected chi connectivity index (χ3v) is 5.91. The molecule has 0 saturated heterocycles. The van der Waals surface area contributed by atoms with Gasteiger partial charge in [0.2, 0.25) is 12.1 Å². The van der Waals surface area contributed by atoms with Crippen LogP contribution in [0.25, 0.3) is 0 Å². The van der Waals surface area contributed by atoms with Crippen LogP contribution in [0.4, 0.5) is 0 Å². The summed E-state index contributed by atoms with van der Waals surface area (Å²) in [6.07, 6.45) is -0.415. The molecular weight excluding hydrogens is 456 g/mol. The predicted molar refractivity (Wildman–Crippen MR) is 114 cm³/mol. The van der Waals surface area contributed by atoms with Gasteiger partial charge in [-0.15, -0.1) is 11.8 Å². The Morgan fingerprint density at radius 1 is 1.17 bits per heavy atom. The minimum Gasteiger partial charge on any atom is -0.463 e. The van der Waals surface area contributed by atoms with Gasteiger partial charge in [0, 0.05) is 26.9 Å². The Kier molecular flexibility index (Phi) is 6.28. The van der Waals surface area contributed by atoms with E-state index in [4.69, 9.17) is 13.9 Å². The largest absolute Gasteiger partial charge is 0.463 e. The van der Waals surface area contributed by atoms with Gasteiger partial charge in [-0.3, -0.25) is 0 Å². The molecular formula is C22H19BrO5S. The van der Waals surface area contributed by atoms with Gasteiger partial charge in [-0.05, 0) is 24.3 Å². The third kappa shape index (κ3) is 4.69. The molecule has 2 aromatic carbocycles. The molecule has 0 spiro atoms. The van der Waals surface area contributed by atoms with Gasteiger partial charge in [-0.1, -0.05) is 46.3 Å². The minimum absolute atomic E-state index is 0.217. The number of carbonyl (C=O) groups is 1. The predicted octanol–water partition coefficient (Wildman–Crippen LogP) is 5.87. The van der Waals surface area contributed by atoms with E-state index in [1.54, 1.807) is 23.9 Å². The highest BCUT2D eigenvalue weighted by Crippen LogP contribution is 2.39. The van der Waals surface area contributed by atoms with Crippen LogP contribution in [-0.4, -0.2) is 13.1 Å². The van der Waals surface area contributed by atoms with E-state index in [9.17, 15) is 4.79 Å². The van der Waals surface area contributed by atoms with Crippen molar-refractivity contribution in [3.63, 3.8) is 0 Å². The van der Waals surface area contributed by atoms with E-state index in [0.29, 0.717) is 12.4 Å². The van der Waals surface area contributed by atoms with Crippen molar-refractivity contribution in [2.75, 3.05) is 7.11 Å². The van der Waals surface area contributed by atoms with Crippen LogP contribution in [0.3, 0.4) is 0 Å². The van der Waals surface area contributed by atoms with Crippen molar-refractivity contribution in [1.82, 2.24) is 0 Å². The summed E-state index contributed by atoms with van der Waals surface area (Å²) in [5.74, 6) is 2.71. The van der Waals surface area contributed by atoms with E-state index in [1.807, 2.05) is 36.4 Å². The normalized spacial score (nSPS) is 15.4. The average molecular weight is 475 g/mol. The fourth-order valence-electron chi connectivity index (χ4n) is 3.09. The Labute approximate surface area is 181 Å². The maximum absolute atomic E-state index is 11.5. The lowest BCUT2D eigenvalue weighted by molar-refractivity contribution is -0.111. The van der Waals surface area contributed by atoms with Crippen molar-refractivity contribution in [3.8, 4) is 5.75 Å². The lowest BCUT2D eigenvalue weighted by Gasteiger charge is -2.28. The minimum atomic E-state index is -0.470. The molecule has 29 heavy (non-hydrogen) atoms. The molecule has 5 nitrogen and oxygen atoms in total. The number of ether oxygens (including phenoxy) is 3. The zero-order chi connectivity index (χ0) is 20.2. The second-order valence-electron chi connectivity index (χ2n) is 6.47. The quantitative estimate of drug-likeness (QED) is 0.416. The molecule has 1 atom stereocenters. The summed E-state index contributed by atoms with van der Waals surface area (Å²) in [6.45, 7) is 0.493. The fraction of sp³-hybridized carbons (Fsp3) is 0.227. The topological polar surface area (TPSA) is 57.9 Å². The second kappa shape index (κ2) is 9.07. The number of fused-ring (bicyclic) bond motifs is 1. The van der Waals surface area contributed by atoms with E-state index < -0.39 is 12.3 Å². The maximum Gasteiger partial charge on any atom is 0.373 e. The molecule has 150 valence electrons. The van der Waals surface area contributed by atoms with Crippen molar-refractivity contribution in [2.45, 2.75) is 24.4 Å². The van der Waals surface area contributed by atoms with Gasteiger partial charge in [-0.2, -0.15) is 0 Å². The van der Waals surface area contributed by atoms with Gasteiger partial charge in [0.1, 0.15) is 11.5 Å². The number of rotatable bonds is 6. The molecule has 0 fully saturated rings. The molecule has 1 aliphatic heterocycles. The molecule has 0 aliphatic carbocycles. The van der Waals surface area contributed by atoms with E-state index >= 15 is 0 Å². The van der Waals surface area contributed by atoms with Crippen LogP contribution in [0.2, 0.25) is 0 Å². The van der Waals surface area contributed by atoms with Crippen LogP contribution in [0.1, 0.15) is 39.3 Å². The standard InChI is InChI=1S/C22H19BrO5S/c1-25-21(24)19-8-7-18(27-19)13-29-12-16-10-17(23)9-15-11-26-22(28-20(15)16)14-5-3-2-4-6-14/h2-10,22H,11-13H2,1H3/t22-/m1/s1. The number of thioether (sulfide) groups is 1. The van der Waals surface area contributed by atoms with Crippen LogP contribution in [0, 0.1) is 0 Å². The summed E-state index contributed by atoms with van der Waals surface area (Å²) in [7, 11) is 1.34. The van der Waals surface area contributed by atoms with Crippen molar-refractivity contribution in [3.05, 3.63) is 87.3 Å². The number of hydrogen-bond acceptors (Lipinski definition) is 6. The first-order valence-electron chi connectivity index (χ1n) is 9.03. The molecule has 2 heterocycles. The second-order valence-corrected chi connectivity index (χ2v) is 8.38. The van der Waals surface area contributed by atoms with E-state index in [0.717, 1.165) is 38.4 Å². The zero-order valence-electron chi connectivity index (χ0n) is 15.7. The highest BCUT2D eigenvalue weighted by molar-refractivity contribution is 9.10. The number of hydrogen-bond donors (Lipinski definition) is 0. The smallest absolute Gasteiger partial charge is 0.373 e. The van der Waals surface area contributed by atoms with Gasteiger partial charge in [0.15, 0.2) is 0 Å². The summed E-state index contributed by atoms with van der Waals surface area (Å²) >= 11 is 5.26. The molecule has 4 rings (SSSR count). The van der Waals surface area contributed by atoms with Crippen LogP contribution in [0.5, 0.6) is 5.75 Å². The van der Waals surface area contributed by atoms with Crippen LogP contribution >= 0.6 is 27.7 Å².